The summed E-state index contributed by atoms with van der Waals surface area (Å²) in [6.45, 7) is 3.45. The first kappa shape index (κ1) is 15.7. The van der Waals surface area contributed by atoms with Crippen LogP contribution in [-0.4, -0.2) is 28.6 Å². The Hall–Kier alpha value is -2.21. The van der Waals surface area contributed by atoms with E-state index in [2.05, 4.69) is 9.62 Å². The molecule has 1 N–H and O–H groups in total. The van der Waals surface area contributed by atoms with Crippen molar-refractivity contribution in [1.82, 2.24) is 0 Å². The second-order valence-corrected chi connectivity index (χ2v) is 7.24. The lowest BCUT2D eigenvalue weighted by atomic mass is 10.2. The molecule has 0 saturated heterocycles. The summed E-state index contributed by atoms with van der Waals surface area (Å²) in [5, 5.41) is 0. The zero-order valence-electron chi connectivity index (χ0n) is 13.2. The van der Waals surface area contributed by atoms with Crippen molar-refractivity contribution < 1.29 is 13.2 Å². The Labute approximate surface area is 136 Å². The third kappa shape index (κ3) is 3.27. The fraction of sp³-hybridized carbons (Fsp3) is 0.294. The van der Waals surface area contributed by atoms with Gasteiger partial charge in [-0.25, -0.2) is 8.42 Å². The molecule has 6 heteroatoms. The summed E-state index contributed by atoms with van der Waals surface area (Å²) in [5.74, 6) is 0.695. The van der Waals surface area contributed by atoms with E-state index in [-0.39, 0.29) is 4.90 Å². The summed E-state index contributed by atoms with van der Waals surface area (Å²) in [5.41, 5.74) is 2.57. The summed E-state index contributed by atoms with van der Waals surface area (Å²) in [6.07, 6.45) is 0.878. The molecule has 5 nitrogen and oxygen atoms in total. The molecule has 0 amide bonds. The Morgan fingerprint density at radius 1 is 1.17 bits per heavy atom. The van der Waals surface area contributed by atoms with Crippen LogP contribution in [-0.2, 0) is 16.4 Å². The molecule has 0 spiro atoms. The standard InChI is InChI=1S/C17H20N2O3S/c1-3-13-4-7-15(8-5-13)23(20,21)18-14-6-9-16-17(12-14)22-11-10-19(16)2/h4-9,12,18H,3,10-11H2,1-2H3. The number of aryl methyl sites for hydroxylation is 1. The van der Waals surface area contributed by atoms with Gasteiger partial charge < -0.3 is 9.64 Å². The van der Waals surface area contributed by atoms with Gasteiger partial charge in [-0.15, -0.1) is 0 Å². The highest BCUT2D eigenvalue weighted by atomic mass is 32.2. The summed E-state index contributed by atoms with van der Waals surface area (Å²) >= 11 is 0. The quantitative estimate of drug-likeness (QED) is 0.935. The maximum absolute atomic E-state index is 12.5. The van der Waals surface area contributed by atoms with Gasteiger partial charge in [0.1, 0.15) is 12.4 Å². The summed E-state index contributed by atoms with van der Waals surface area (Å²) < 4.78 is 33.2. The number of hydrogen-bond donors (Lipinski definition) is 1. The van der Waals surface area contributed by atoms with E-state index in [1.807, 2.05) is 32.2 Å². The molecule has 23 heavy (non-hydrogen) atoms. The Balaban J connectivity index is 1.85. The van der Waals surface area contributed by atoms with Crippen molar-refractivity contribution in [1.29, 1.82) is 0 Å². The molecule has 0 atom stereocenters. The summed E-state index contributed by atoms with van der Waals surface area (Å²) in [4.78, 5) is 2.34. The van der Waals surface area contributed by atoms with Crippen LogP contribution in [0, 0.1) is 0 Å². The highest BCUT2D eigenvalue weighted by Crippen LogP contribution is 2.33. The third-order valence-corrected chi connectivity index (χ3v) is 5.35. The van der Waals surface area contributed by atoms with Crippen molar-refractivity contribution in [2.24, 2.45) is 0 Å². The van der Waals surface area contributed by atoms with Gasteiger partial charge in [-0.1, -0.05) is 19.1 Å². The molecule has 1 heterocycles. The van der Waals surface area contributed by atoms with Crippen molar-refractivity contribution in [3.63, 3.8) is 0 Å². The first-order chi connectivity index (χ1) is 11.0. The molecule has 0 aromatic heterocycles. The fourth-order valence-electron chi connectivity index (χ4n) is 2.54. The molecule has 1 aliphatic heterocycles. The number of nitrogens with zero attached hydrogens (tertiary/aromatic N) is 1. The van der Waals surface area contributed by atoms with Gasteiger partial charge >= 0.3 is 0 Å². The Morgan fingerprint density at radius 2 is 1.91 bits per heavy atom. The minimum Gasteiger partial charge on any atom is -0.489 e. The van der Waals surface area contributed by atoms with Gasteiger partial charge in [0.15, 0.2) is 0 Å². The molecule has 122 valence electrons. The predicted molar refractivity (Wildman–Crippen MR) is 91.8 cm³/mol. The molecule has 0 aliphatic carbocycles. The van der Waals surface area contributed by atoms with Crippen LogP contribution in [0.15, 0.2) is 47.4 Å². The van der Waals surface area contributed by atoms with Gasteiger partial charge in [0.2, 0.25) is 0 Å². The Bertz CT molecular complexity index is 801. The maximum atomic E-state index is 12.5. The minimum atomic E-state index is -3.60. The number of nitrogens with one attached hydrogen (secondary N) is 1. The zero-order valence-corrected chi connectivity index (χ0v) is 14.1. The number of anilines is 2. The van der Waals surface area contributed by atoms with E-state index in [1.54, 1.807) is 24.3 Å². The lowest BCUT2D eigenvalue weighted by Crippen LogP contribution is -2.28. The van der Waals surface area contributed by atoms with E-state index in [9.17, 15) is 8.42 Å². The number of fused-ring (bicyclic) bond motifs is 1. The van der Waals surface area contributed by atoms with E-state index in [1.165, 1.54) is 0 Å². The number of likely N-dealkylation sites (N-methyl/N-ethyl adjacent to an activating group) is 1. The van der Waals surface area contributed by atoms with E-state index in [0.717, 1.165) is 24.2 Å². The lowest BCUT2D eigenvalue weighted by molar-refractivity contribution is 0.311. The number of ether oxygens (including phenoxy) is 1. The lowest BCUT2D eigenvalue weighted by Gasteiger charge is -2.28. The van der Waals surface area contributed by atoms with Crippen LogP contribution in [0.25, 0.3) is 0 Å². The number of benzene rings is 2. The van der Waals surface area contributed by atoms with Crippen LogP contribution in [0.2, 0.25) is 0 Å². The molecular weight excluding hydrogens is 312 g/mol. The van der Waals surface area contributed by atoms with Crippen LogP contribution in [0.4, 0.5) is 11.4 Å². The van der Waals surface area contributed by atoms with Crippen LogP contribution in [0.3, 0.4) is 0 Å². The molecular formula is C17H20N2O3S. The third-order valence-electron chi connectivity index (χ3n) is 3.95. The average Bonchev–Trinajstić information content (AvgIpc) is 2.54. The zero-order chi connectivity index (χ0) is 16.4. The molecule has 0 fully saturated rings. The molecule has 2 aromatic carbocycles. The molecule has 3 rings (SSSR count). The molecule has 0 radical (unpaired) electrons. The predicted octanol–water partition coefficient (Wildman–Crippen LogP) is 2.88. The van der Waals surface area contributed by atoms with E-state index in [4.69, 9.17) is 4.74 Å². The maximum Gasteiger partial charge on any atom is 0.261 e. The molecule has 0 saturated carbocycles. The smallest absolute Gasteiger partial charge is 0.261 e. The SMILES string of the molecule is CCc1ccc(S(=O)(=O)Nc2ccc3c(c2)OCCN3C)cc1. The Kier molecular flexibility index (Phi) is 4.17. The van der Waals surface area contributed by atoms with Crippen LogP contribution in [0.1, 0.15) is 12.5 Å². The van der Waals surface area contributed by atoms with Crippen molar-refractivity contribution in [2.45, 2.75) is 18.2 Å². The van der Waals surface area contributed by atoms with Crippen molar-refractivity contribution in [3.8, 4) is 5.75 Å². The van der Waals surface area contributed by atoms with Crippen LogP contribution >= 0.6 is 0 Å². The first-order valence-corrected chi connectivity index (χ1v) is 9.07. The van der Waals surface area contributed by atoms with E-state index >= 15 is 0 Å². The monoisotopic (exact) mass is 332 g/mol. The van der Waals surface area contributed by atoms with Crippen molar-refractivity contribution >= 4 is 21.4 Å². The average molecular weight is 332 g/mol. The van der Waals surface area contributed by atoms with Gasteiger partial charge in [-0.05, 0) is 36.2 Å². The number of hydrogen-bond acceptors (Lipinski definition) is 4. The highest BCUT2D eigenvalue weighted by molar-refractivity contribution is 7.92. The van der Waals surface area contributed by atoms with Crippen molar-refractivity contribution in [2.75, 3.05) is 29.8 Å². The first-order valence-electron chi connectivity index (χ1n) is 7.59. The molecule has 0 unspecified atom stereocenters. The van der Waals surface area contributed by atoms with Gasteiger partial charge in [0.05, 0.1) is 22.8 Å². The van der Waals surface area contributed by atoms with Gasteiger partial charge in [0, 0.05) is 13.1 Å². The molecule has 0 bridgehead atoms. The van der Waals surface area contributed by atoms with Gasteiger partial charge in [-0.3, -0.25) is 4.72 Å². The minimum absolute atomic E-state index is 0.255. The van der Waals surface area contributed by atoms with E-state index < -0.39 is 10.0 Å². The van der Waals surface area contributed by atoms with Gasteiger partial charge in [-0.2, -0.15) is 0 Å². The molecule has 2 aromatic rings. The highest BCUT2D eigenvalue weighted by Gasteiger charge is 2.18. The molecule has 1 aliphatic rings. The van der Waals surface area contributed by atoms with Gasteiger partial charge in [0.25, 0.3) is 10.0 Å². The fourth-order valence-corrected chi connectivity index (χ4v) is 3.59. The number of rotatable bonds is 4. The summed E-state index contributed by atoms with van der Waals surface area (Å²) in [7, 11) is -1.61. The largest absolute Gasteiger partial charge is 0.489 e. The second-order valence-electron chi connectivity index (χ2n) is 5.56. The second kappa shape index (κ2) is 6.12. The van der Waals surface area contributed by atoms with E-state index in [0.29, 0.717) is 18.0 Å². The van der Waals surface area contributed by atoms with Crippen molar-refractivity contribution in [3.05, 3.63) is 48.0 Å². The van der Waals surface area contributed by atoms with Crippen LogP contribution in [0.5, 0.6) is 5.75 Å². The summed E-state index contributed by atoms with van der Waals surface area (Å²) in [6, 6.07) is 12.3. The normalized spacial score (nSPS) is 14.1. The topological polar surface area (TPSA) is 58.6 Å². The van der Waals surface area contributed by atoms with Crippen LogP contribution < -0.4 is 14.4 Å². The Morgan fingerprint density at radius 3 is 2.61 bits per heavy atom. The number of sulfonamides is 1.